The van der Waals surface area contributed by atoms with Gasteiger partial charge in [0.05, 0.1) is 5.56 Å². The number of carbonyl (C=O) groups is 2. The molecule has 3 aromatic rings. The van der Waals surface area contributed by atoms with E-state index in [1.807, 2.05) is 38.1 Å². The zero-order valence-corrected chi connectivity index (χ0v) is 16.0. The Balaban J connectivity index is 1.88. The van der Waals surface area contributed by atoms with Crippen LogP contribution in [0.2, 0.25) is 0 Å². The summed E-state index contributed by atoms with van der Waals surface area (Å²) in [6, 6.07) is 17.5. The molecule has 0 spiro atoms. The van der Waals surface area contributed by atoms with Gasteiger partial charge < -0.3 is 15.0 Å². The second-order valence-electron chi connectivity index (χ2n) is 6.60. The summed E-state index contributed by atoms with van der Waals surface area (Å²) in [5.74, 6) is -1.49. The molecule has 0 unspecified atom stereocenters. The highest BCUT2D eigenvalue weighted by atomic mass is 16.4. The normalized spacial score (nSPS) is 11.0. The zero-order valence-electron chi connectivity index (χ0n) is 16.0. The average Bonchev–Trinajstić information content (AvgIpc) is 3.16. The van der Waals surface area contributed by atoms with Gasteiger partial charge in [-0.25, -0.2) is 4.79 Å². The molecule has 3 rings (SSSR count). The highest BCUT2D eigenvalue weighted by molar-refractivity contribution is 6.09. The van der Waals surface area contributed by atoms with E-state index < -0.39 is 11.9 Å². The molecule has 1 aromatic heterocycles. The third-order valence-corrected chi connectivity index (χ3v) is 4.46. The fraction of sp³-hybridized carbons (Fsp3) is 0.0870. The predicted molar refractivity (Wildman–Crippen MR) is 111 cm³/mol. The fourth-order valence-corrected chi connectivity index (χ4v) is 2.95. The number of aromatic carboxylic acids is 1. The van der Waals surface area contributed by atoms with Crippen molar-refractivity contribution in [3.63, 3.8) is 0 Å². The van der Waals surface area contributed by atoms with Gasteiger partial charge in [-0.1, -0.05) is 17.7 Å². The lowest BCUT2D eigenvalue weighted by molar-refractivity contribution is -0.112. The number of hydrogen-bond donors (Lipinski definition) is 2. The number of carbonyl (C=O) groups excluding carboxylic acids is 1. The van der Waals surface area contributed by atoms with Crippen molar-refractivity contribution in [1.82, 2.24) is 4.57 Å². The summed E-state index contributed by atoms with van der Waals surface area (Å²) < 4.78 is 1.77. The molecule has 0 aliphatic rings. The highest BCUT2D eigenvalue weighted by Crippen LogP contribution is 2.19. The van der Waals surface area contributed by atoms with E-state index in [-0.39, 0.29) is 11.1 Å². The number of rotatable bonds is 5. The van der Waals surface area contributed by atoms with Gasteiger partial charge in [0.25, 0.3) is 5.91 Å². The molecule has 0 radical (unpaired) electrons. The number of hydrogen-bond acceptors (Lipinski definition) is 3. The van der Waals surface area contributed by atoms with Crippen LogP contribution in [0, 0.1) is 25.2 Å². The van der Waals surface area contributed by atoms with Gasteiger partial charge in [0.1, 0.15) is 11.6 Å². The minimum absolute atomic E-state index is 0.0351. The van der Waals surface area contributed by atoms with Crippen molar-refractivity contribution in [2.24, 2.45) is 0 Å². The minimum Gasteiger partial charge on any atom is -0.478 e. The van der Waals surface area contributed by atoms with Crippen LogP contribution in [-0.2, 0) is 4.79 Å². The molecule has 6 heteroatoms. The number of aryl methyl sites for hydroxylation is 2. The number of aromatic nitrogens is 1. The molecule has 6 nitrogen and oxygen atoms in total. The van der Waals surface area contributed by atoms with Gasteiger partial charge in [-0.3, -0.25) is 4.79 Å². The van der Waals surface area contributed by atoms with Crippen molar-refractivity contribution in [3.05, 3.63) is 88.8 Å². The van der Waals surface area contributed by atoms with E-state index in [2.05, 4.69) is 5.32 Å². The predicted octanol–water partition coefficient (Wildman–Crippen LogP) is 4.34. The first-order chi connectivity index (χ1) is 13.9. The van der Waals surface area contributed by atoms with Crippen LogP contribution >= 0.6 is 0 Å². The third kappa shape index (κ3) is 4.42. The van der Waals surface area contributed by atoms with Crippen molar-refractivity contribution in [1.29, 1.82) is 5.26 Å². The van der Waals surface area contributed by atoms with E-state index in [4.69, 9.17) is 5.11 Å². The molecular formula is C23H19N3O3. The number of benzene rings is 2. The van der Waals surface area contributed by atoms with E-state index >= 15 is 0 Å². The first kappa shape index (κ1) is 19.6. The Kier molecular flexibility index (Phi) is 5.61. The molecule has 2 aromatic carbocycles. The molecule has 0 aliphatic carbocycles. The van der Waals surface area contributed by atoms with Crippen molar-refractivity contribution < 1.29 is 14.7 Å². The molecular weight excluding hydrogens is 366 g/mol. The van der Waals surface area contributed by atoms with E-state index in [9.17, 15) is 14.9 Å². The molecule has 0 atom stereocenters. The average molecular weight is 385 g/mol. The SMILES string of the molecule is Cc1ccc(NC(=O)/C(C#N)=C\c2cccn2-c2ccc(C(=O)O)cc2)c(C)c1. The first-order valence-electron chi connectivity index (χ1n) is 8.90. The lowest BCUT2D eigenvalue weighted by Gasteiger charge is -2.10. The topological polar surface area (TPSA) is 95.1 Å². The maximum absolute atomic E-state index is 12.6. The molecule has 29 heavy (non-hydrogen) atoms. The summed E-state index contributed by atoms with van der Waals surface area (Å²) in [5.41, 5.74) is 4.15. The summed E-state index contributed by atoms with van der Waals surface area (Å²) in [4.78, 5) is 23.6. The number of carboxylic acids is 1. The second-order valence-corrected chi connectivity index (χ2v) is 6.60. The summed E-state index contributed by atoms with van der Waals surface area (Å²) in [6.07, 6.45) is 3.28. The summed E-state index contributed by atoms with van der Waals surface area (Å²) in [6.45, 7) is 3.86. The smallest absolute Gasteiger partial charge is 0.335 e. The molecule has 144 valence electrons. The van der Waals surface area contributed by atoms with Gasteiger partial charge in [-0.2, -0.15) is 5.26 Å². The van der Waals surface area contributed by atoms with Crippen molar-refractivity contribution in [2.75, 3.05) is 5.32 Å². The van der Waals surface area contributed by atoms with Gasteiger partial charge in [-0.05, 0) is 68.0 Å². The maximum Gasteiger partial charge on any atom is 0.335 e. The highest BCUT2D eigenvalue weighted by Gasteiger charge is 2.13. The van der Waals surface area contributed by atoms with Crippen molar-refractivity contribution >= 4 is 23.6 Å². The van der Waals surface area contributed by atoms with Crippen molar-refractivity contribution in [2.45, 2.75) is 13.8 Å². The first-order valence-corrected chi connectivity index (χ1v) is 8.90. The van der Waals surface area contributed by atoms with Gasteiger partial charge in [-0.15, -0.1) is 0 Å². The number of carboxylic acid groups (broad SMARTS) is 1. The molecule has 0 aliphatic heterocycles. The molecule has 0 saturated heterocycles. The Bertz CT molecular complexity index is 1150. The molecule has 2 N–H and O–H groups in total. The van der Waals surface area contributed by atoms with E-state index in [1.165, 1.54) is 18.2 Å². The summed E-state index contributed by atoms with van der Waals surface area (Å²) >= 11 is 0. The van der Waals surface area contributed by atoms with Crippen LogP contribution in [0.1, 0.15) is 27.2 Å². The number of nitriles is 1. The minimum atomic E-state index is -1.00. The Morgan fingerprint density at radius 1 is 1.10 bits per heavy atom. The molecule has 0 fully saturated rings. The van der Waals surface area contributed by atoms with Gasteiger partial charge in [0, 0.05) is 23.3 Å². The van der Waals surface area contributed by atoms with Crippen LogP contribution in [0.4, 0.5) is 5.69 Å². The fourth-order valence-electron chi connectivity index (χ4n) is 2.95. The van der Waals surface area contributed by atoms with Crippen LogP contribution < -0.4 is 5.32 Å². The molecule has 1 amide bonds. The van der Waals surface area contributed by atoms with Gasteiger partial charge in [0.2, 0.25) is 0 Å². The quantitative estimate of drug-likeness (QED) is 0.504. The van der Waals surface area contributed by atoms with Crippen LogP contribution in [0.3, 0.4) is 0 Å². The Hall–Kier alpha value is -4.11. The van der Waals surface area contributed by atoms with Crippen LogP contribution in [0.5, 0.6) is 0 Å². The van der Waals surface area contributed by atoms with E-state index in [0.717, 1.165) is 16.8 Å². The Morgan fingerprint density at radius 3 is 2.45 bits per heavy atom. The molecule has 0 saturated carbocycles. The lowest BCUT2D eigenvalue weighted by atomic mass is 10.1. The second kappa shape index (κ2) is 8.28. The molecule has 0 bridgehead atoms. The Morgan fingerprint density at radius 2 is 1.83 bits per heavy atom. The number of nitrogens with zero attached hydrogens (tertiary/aromatic N) is 2. The zero-order chi connectivity index (χ0) is 21.0. The van der Waals surface area contributed by atoms with Crippen molar-refractivity contribution in [3.8, 4) is 11.8 Å². The van der Waals surface area contributed by atoms with Crippen LogP contribution in [-0.4, -0.2) is 21.6 Å². The summed E-state index contributed by atoms with van der Waals surface area (Å²) in [5, 5.41) is 21.3. The maximum atomic E-state index is 12.6. The number of nitrogens with one attached hydrogen (secondary N) is 1. The largest absolute Gasteiger partial charge is 0.478 e. The van der Waals surface area contributed by atoms with E-state index in [0.29, 0.717) is 11.4 Å². The number of anilines is 1. The van der Waals surface area contributed by atoms with Gasteiger partial charge >= 0.3 is 5.97 Å². The van der Waals surface area contributed by atoms with E-state index in [1.54, 1.807) is 35.0 Å². The molecule has 1 heterocycles. The van der Waals surface area contributed by atoms with Gasteiger partial charge in [0.15, 0.2) is 0 Å². The standard InChI is InChI=1S/C23H19N3O3/c1-15-5-10-21(16(2)12-15)25-22(27)18(14-24)13-20-4-3-11-26(20)19-8-6-17(7-9-19)23(28)29/h3-13H,1-2H3,(H,25,27)(H,28,29)/b18-13-. The summed E-state index contributed by atoms with van der Waals surface area (Å²) in [7, 11) is 0. The van der Waals surface area contributed by atoms with Crippen LogP contribution in [0.25, 0.3) is 11.8 Å². The third-order valence-electron chi connectivity index (χ3n) is 4.46. The monoisotopic (exact) mass is 385 g/mol. The lowest BCUT2D eigenvalue weighted by Crippen LogP contribution is -2.14. The number of amides is 1. The van der Waals surface area contributed by atoms with Crippen LogP contribution in [0.15, 0.2) is 66.4 Å². The Labute approximate surface area is 168 Å².